The van der Waals surface area contributed by atoms with Crippen molar-refractivity contribution >= 4 is 24.8 Å². The van der Waals surface area contributed by atoms with Gasteiger partial charge in [-0.25, -0.2) is 0 Å². The Morgan fingerprint density at radius 3 is 2.74 bits per heavy atom. The van der Waals surface area contributed by atoms with E-state index in [2.05, 4.69) is 26.6 Å². The molecule has 0 aliphatic carbocycles. The zero-order valence-corrected chi connectivity index (χ0v) is 12.1. The minimum atomic E-state index is 0. The van der Waals surface area contributed by atoms with Crippen molar-refractivity contribution in [1.82, 2.24) is 20.5 Å². The Morgan fingerprint density at radius 1 is 1.16 bits per heavy atom. The van der Waals surface area contributed by atoms with Gasteiger partial charge in [0.25, 0.3) is 0 Å². The average Bonchev–Trinajstić information content (AvgIpc) is 2.90. The van der Waals surface area contributed by atoms with Crippen LogP contribution in [0.1, 0.15) is 24.5 Å². The Morgan fingerprint density at radius 2 is 2.05 bits per heavy atom. The molecular formula is C13H18Cl2N4. The van der Waals surface area contributed by atoms with Gasteiger partial charge in [0.15, 0.2) is 0 Å². The van der Waals surface area contributed by atoms with Crippen LogP contribution in [-0.4, -0.2) is 28.3 Å². The molecule has 104 valence electrons. The summed E-state index contributed by atoms with van der Waals surface area (Å²) in [4.78, 5) is 4.31. The number of halogens is 2. The van der Waals surface area contributed by atoms with Gasteiger partial charge in [-0.15, -0.1) is 24.8 Å². The largest absolute Gasteiger partial charge is 0.316 e. The van der Waals surface area contributed by atoms with Gasteiger partial charge in [0, 0.05) is 24.4 Å². The highest BCUT2D eigenvalue weighted by Gasteiger charge is 2.17. The van der Waals surface area contributed by atoms with E-state index < -0.39 is 0 Å². The standard InChI is InChI=1S/C13H16N4.2ClH/c1-2-7-15-11(5-1)13-8-12(16-17-13)10-4-3-6-14-9-10;;/h1-2,5,7-8,10,14H,3-4,6,9H2,(H,16,17);2*1H. The minimum Gasteiger partial charge on any atom is -0.316 e. The lowest BCUT2D eigenvalue weighted by molar-refractivity contribution is 0.454. The maximum atomic E-state index is 4.35. The first-order valence-electron chi connectivity index (χ1n) is 6.11. The normalized spacial score (nSPS) is 18.2. The summed E-state index contributed by atoms with van der Waals surface area (Å²) < 4.78 is 0. The second-order valence-corrected chi connectivity index (χ2v) is 4.47. The van der Waals surface area contributed by atoms with Crippen molar-refractivity contribution in [1.29, 1.82) is 0 Å². The van der Waals surface area contributed by atoms with Gasteiger partial charge in [0.05, 0.1) is 5.69 Å². The first-order chi connectivity index (χ1) is 8.43. The quantitative estimate of drug-likeness (QED) is 0.897. The molecule has 19 heavy (non-hydrogen) atoms. The van der Waals surface area contributed by atoms with Crippen LogP contribution in [0.3, 0.4) is 0 Å². The number of nitrogens with zero attached hydrogens (tertiary/aromatic N) is 2. The van der Waals surface area contributed by atoms with Gasteiger partial charge in [-0.05, 0) is 37.6 Å². The fourth-order valence-corrected chi connectivity index (χ4v) is 2.31. The second-order valence-electron chi connectivity index (χ2n) is 4.47. The Balaban J connectivity index is 0.000000902. The molecule has 3 rings (SSSR count). The highest BCUT2D eigenvalue weighted by atomic mass is 35.5. The summed E-state index contributed by atoms with van der Waals surface area (Å²) in [5.41, 5.74) is 3.09. The number of piperidine rings is 1. The van der Waals surface area contributed by atoms with Crippen LogP contribution in [0.2, 0.25) is 0 Å². The highest BCUT2D eigenvalue weighted by Crippen LogP contribution is 2.24. The second kappa shape index (κ2) is 7.48. The molecule has 2 aromatic heterocycles. The summed E-state index contributed by atoms with van der Waals surface area (Å²) >= 11 is 0. The van der Waals surface area contributed by atoms with E-state index in [0.717, 1.165) is 24.5 Å². The molecule has 1 unspecified atom stereocenters. The number of H-pyrrole nitrogens is 1. The van der Waals surface area contributed by atoms with Crippen molar-refractivity contribution in [3.8, 4) is 11.4 Å². The van der Waals surface area contributed by atoms with Crippen LogP contribution in [0, 0.1) is 0 Å². The van der Waals surface area contributed by atoms with Gasteiger partial charge in [-0.1, -0.05) is 6.07 Å². The van der Waals surface area contributed by atoms with Crippen molar-refractivity contribution in [3.05, 3.63) is 36.2 Å². The smallest absolute Gasteiger partial charge is 0.111 e. The van der Waals surface area contributed by atoms with Crippen LogP contribution >= 0.6 is 24.8 Å². The zero-order valence-electron chi connectivity index (χ0n) is 10.5. The molecule has 0 spiro atoms. The fraction of sp³-hybridized carbons (Fsp3) is 0.385. The van der Waals surface area contributed by atoms with E-state index in [9.17, 15) is 0 Å². The number of hydrogen-bond donors (Lipinski definition) is 2. The number of aromatic nitrogens is 3. The van der Waals surface area contributed by atoms with Gasteiger partial charge in [0.2, 0.25) is 0 Å². The van der Waals surface area contributed by atoms with Crippen LogP contribution in [0.25, 0.3) is 11.4 Å². The molecule has 0 bridgehead atoms. The number of nitrogens with one attached hydrogen (secondary N) is 2. The van der Waals surface area contributed by atoms with Crippen LogP contribution in [0.15, 0.2) is 30.5 Å². The van der Waals surface area contributed by atoms with E-state index in [1.165, 1.54) is 18.5 Å². The molecule has 0 radical (unpaired) electrons. The minimum absolute atomic E-state index is 0. The van der Waals surface area contributed by atoms with Crippen LogP contribution < -0.4 is 5.32 Å². The third-order valence-corrected chi connectivity index (χ3v) is 3.26. The van der Waals surface area contributed by atoms with Crippen LogP contribution in [0.4, 0.5) is 0 Å². The summed E-state index contributed by atoms with van der Waals surface area (Å²) in [6.07, 6.45) is 4.27. The summed E-state index contributed by atoms with van der Waals surface area (Å²) in [6.45, 7) is 2.18. The summed E-state index contributed by atoms with van der Waals surface area (Å²) in [5, 5.41) is 10.9. The van der Waals surface area contributed by atoms with E-state index in [-0.39, 0.29) is 24.8 Å². The maximum Gasteiger partial charge on any atom is 0.111 e. The molecule has 4 nitrogen and oxygen atoms in total. The topological polar surface area (TPSA) is 53.6 Å². The molecule has 2 N–H and O–H groups in total. The molecule has 0 amide bonds. The summed E-state index contributed by atoms with van der Waals surface area (Å²) in [7, 11) is 0. The number of pyridine rings is 1. The van der Waals surface area contributed by atoms with Crippen LogP contribution in [0.5, 0.6) is 0 Å². The molecule has 1 aliphatic heterocycles. The molecule has 1 fully saturated rings. The fourth-order valence-electron chi connectivity index (χ4n) is 2.31. The Kier molecular flexibility index (Phi) is 6.28. The molecule has 3 heterocycles. The molecule has 6 heteroatoms. The lowest BCUT2D eigenvalue weighted by Crippen LogP contribution is -2.28. The van der Waals surface area contributed by atoms with E-state index >= 15 is 0 Å². The van der Waals surface area contributed by atoms with E-state index in [4.69, 9.17) is 0 Å². The van der Waals surface area contributed by atoms with Crippen molar-refractivity contribution in [2.24, 2.45) is 0 Å². The lowest BCUT2D eigenvalue weighted by Gasteiger charge is -2.21. The Hall–Kier alpha value is -1.10. The van der Waals surface area contributed by atoms with Crippen molar-refractivity contribution in [2.45, 2.75) is 18.8 Å². The molecule has 2 aromatic rings. The lowest BCUT2D eigenvalue weighted by atomic mass is 9.96. The first kappa shape index (κ1) is 16.0. The molecule has 1 saturated heterocycles. The molecule has 0 saturated carbocycles. The van der Waals surface area contributed by atoms with Gasteiger partial charge in [0.1, 0.15) is 5.69 Å². The monoisotopic (exact) mass is 300 g/mol. The molecule has 1 atom stereocenters. The summed E-state index contributed by atoms with van der Waals surface area (Å²) in [6, 6.07) is 8.01. The van der Waals surface area contributed by atoms with Crippen molar-refractivity contribution < 1.29 is 0 Å². The Labute approximate surface area is 125 Å². The van der Waals surface area contributed by atoms with Gasteiger partial charge in [-0.2, -0.15) is 5.10 Å². The number of rotatable bonds is 2. The molecule has 1 aliphatic rings. The number of hydrogen-bond acceptors (Lipinski definition) is 3. The average molecular weight is 301 g/mol. The first-order valence-corrected chi connectivity index (χ1v) is 6.11. The zero-order chi connectivity index (χ0) is 11.5. The predicted molar refractivity (Wildman–Crippen MR) is 81.2 cm³/mol. The number of aromatic amines is 1. The third-order valence-electron chi connectivity index (χ3n) is 3.26. The van der Waals surface area contributed by atoms with Crippen molar-refractivity contribution in [2.75, 3.05) is 13.1 Å². The Bertz CT molecular complexity index is 480. The highest BCUT2D eigenvalue weighted by molar-refractivity contribution is 5.85. The van der Waals surface area contributed by atoms with Gasteiger partial charge < -0.3 is 5.32 Å². The molecular weight excluding hydrogens is 283 g/mol. The predicted octanol–water partition coefficient (Wildman–Crippen LogP) is 2.78. The summed E-state index contributed by atoms with van der Waals surface area (Å²) in [5.74, 6) is 0.564. The van der Waals surface area contributed by atoms with E-state index in [1.54, 1.807) is 6.20 Å². The van der Waals surface area contributed by atoms with E-state index in [1.807, 2.05) is 18.2 Å². The third kappa shape index (κ3) is 3.69. The van der Waals surface area contributed by atoms with E-state index in [0.29, 0.717) is 5.92 Å². The maximum absolute atomic E-state index is 4.35. The van der Waals surface area contributed by atoms with Crippen LogP contribution in [-0.2, 0) is 0 Å². The van der Waals surface area contributed by atoms with Crippen molar-refractivity contribution in [3.63, 3.8) is 0 Å². The van der Waals surface area contributed by atoms with Gasteiger partial charge in [-0.3, -0.25) is 10.1 Å². The van der Waals surface area contributed by atoms with Gasteiger partial charge >= 0.3 is 0 Å². The SMILES string of the molecule is Cl.Cl.c1ccc(-c2cc(C3CCCNC3)[nH]n2)nc1. The molecule has 0 aromatic carbocycles.